The molecule has 0 saturated carbocycles. The standard InChI is InChI=1S/C8H18N2O2/c1-6(4-2-3-5-9)7(10)8(11)12/h6-7H,2-5,9-10H2,1H3,(H,11,12). The maximum Gasteiger partial charge on any atom is 0.320 e. The number of aliphatic carboxylic acids is 1. The van der Waals surface area contributed by atoms with Crippen molar-refractivity contribution in [2.75, 3.05) is 6.54 Å². The first-order valence-corrected chi connectivity index (χ1v) is 4.28. The largest absolute Gasteiger partial charge is 0.480 e. The van der Waals surface area contributed by atoms with Gasteiger partial charge in [0.05, 0.1) is 0 Å². The summed E-state index contributed by atoms with van der Waals surface area (Å²) in [5.74, 6) is -0.885. The number of nitrogens with two attached hydrogens (primary N) is 2. The Hall–Kier alpha value is -0.610. The van der Waals surface area contributed by atoms with Gasteiger partial charge in [-0.05, 0) is 25.3 Å². The summed E-state index contributed by atoms with van der Waals surface area (Å²) in [7, 11) is 0. The normalized spacial score (nSPS) is 15.6. The Morgan fingerprint density at radius 3 is 2.50 bits per heavy atom. The fraction of sp³-hybridized carbons (Fsp3) is 0.875. The average Bonchev–Trinajstić information content (AvgIpc) is 2.03. The Labute approximate surface area is 72.9 Å². The molecule has 12 heavy (non-hydrogen) atoms. The van der Waals surface area contributed by atoms with Crippen LogP contribution in [0.5, 0.6) is 0 Å². The number of carbonyl (C=O) groups is 1. The van der Waals surface area contributed by atoms with E-state index in [9.17, 15) is 4.79 Å². The predicted octanol–water partition coefficient (Wildman–Crippen LogP) is 0.163. The fourth-order valence-corrected chi connectivity index (χ4v) is 1.03. The summed E-state index contributed by atoms with van der Waals surface area (Å²) in [4.78, 5) is 10.4. The monoisotopic (exact) mass is 174 g/mol. The van der Waals surface area contributed by atoms with Crippen LogP contribution < -0.4 is 11.5 Å². The zero-order valence-electron chi connectivity index (χ0n) is 7.49. The number of hydrogen-bond acceptors (Lipinski definition) is 3. The van der Waals surface area contributed by atoms with Gasteiger partial charge in [0.25, 0.3) is 0 Å². The third-order valence-electron chi connectivity index (χ3n) is 2.01. The molecule has 5 N–H and O–H groups in total. The van der Waals surface area contributed by atoms with Crippen LogP contribution in [-0.2, 0) is 4.79 Å². The van der Waals surface area contributed by atoms with Gasteiger partial charge in [-0.1, -0.05) is 13.3 Å². The molecule has 0 aliphatic carbocycles. The lowest BCUT2D eigenvalue weighted by Crippen LogP contribution is -2.36. The third-order valence-corrected chi connectivity index (χ3v) is 2.01. The zero-order chi connectivity index (χ0) is 9.56. The lowest BCUT2D eigenvalue weighted by atomic mass is 9.96. The van der Waals surface area contributed by atoms with E-state index in [-0.39, 0.29) is 5.92 Å². The van der Waals surface area contributed by atoms with Crippen molar-refractivity contribution in [2.24, 2.45) is 17.4 Å². The van der Waals surface area contributed by atoms with E-state index < -0.39 is 12.0 Å². The molecule has 72 valence electrons. The van der Waals surface area contributed by atoms with E-state index in [1.54, 1.807) is 0 Å². The highest BCUT2D eigenvalue weighted by Gasteiger charge is 2.18. The van der Waals surface area contributed by atoms with E-state index in [0.29, 0.717) is 6.54 Å². The lowest BCUT2D eigenvalue weighted by molar-refractivity contribution is -0.139. The SMILES string of the molecule is CC(CCCCN)C(N)C(=O)O. The van der Waals surface area contributed by atoms with Crippen molar-refractivity contribution in [3.63, 3.8) is 0 Å². The van der Waals surface area contributed by atoms with Crippen molar-refractivity contribution in [3.05, 3.63) is 0 Å². The van der Waals surface area contributed by atoms with Crippen LogP contribution in [0, 0.1) is 5.92 Å². The molecular weight excluding hydrogens is 156 g/mol. The van der Waals surface area contributed by atoms with Gasteiger partial charge in [-0.3, -0.25) is 4.79 Å². The van der Waals surface area contributed by atoms with Crippen LogP contribution in [0.15, 0.2) is 0 Å². The van der Waals surface area contributed by atoms with E-state index in [1.165, 1.54) is 0 Å². The van der Waals surface area contributed by atoms with Crippen LogP contribution >= 0.6 is 0 Å². The number of hydrogen-bond donors (Lipinski definition) is 3. The Morgan fingerprint density at radius 2 is 2.08 bits per heavy atom. The van der Waals surface area contributed by atoms with E-state index >= 15 is 0 Å². The molecule has 4 heteroatoms. The first-order chi connectivity index (χ1) is 5.59. The molecule has 0 bridgehead atoms. The molecule has 0 rings (SSSR count). The molecular formula is C8H18N2O2. The molecule has 0 aromatic rings. The van der Waals surface area contributed by atoms with Gasteiger partial charge in [0.1, 0.15) is 6.04 Å². The van der Waals surface area contributed by atoms with Gasteiger partial charge in [-0.15, -0.1) is 0 Å². The molecule has 2 unspecified atom stereocenters. The highest BCUT2D eigenvalue weighted by molar-refractivity contribution is 5.73. The number of carboxylic acids is 1. The van der Waals surface area contributed by atoms with Crippen LogP contribution in [-0.4, -0.2) is 23.7 Å². The molecule has 0 radical (unpaired) electrons. The van der Waals surface area contributed by atoms with Gasteiger partial charge in [0, 0.05) is 0 Å². The summed E-state index contributed by atoms with van der Waals surface area (Å²) in [5, 5.41) is 8.56. The number of unbranched alkanes of at least 4 members (excludes halogenated alkanes) is 1. The number of rotatable bonds is 6. The van der Waals surface area contributed by atoms with Gasteiger partial charge >= 0.3 is 5.97 Å². The highest BCUT2D eigenvalue weighted by Crippen LogP contribution is 2.10. The van der Waals surface area contributed by atoms with Crippen LogP contribution in [0.4, 0.5) is 0 Å². The Kier molecular flexibility index (Phi) is 5.66. The van der Waals surface area contributed by atoms with Gasteiger partial charge < -0.3 is 16.6 Å². The molecule has 2 atom stereocenters. The number of carboxylic acid groups (broad SMARTS) is 1. The van der Waals surface area contributed by atoms with Gasteiger partial charge in [-0.25, -0.2) is 0 Å². The van der Waals surface area contributed by atoms with Gasteiger partial charge in [0.2, 0.25) is 0 Å². The Morgan fingerprint density at radius 1 is 1.50 bits per heavy atom. The molecule has 0 amide bonds. The summed E-state index contributed by atoms with van der Waals surface area (Å²) < 4.78 is 0. The predicted molar refractivity (Wildman–Crippen MR) is 47.7 cm³/mol. The second-order valence-corrected chi connectivity index (χ2v) is 3.13. The van der Waals surface area contributed by atoms with Crippen molar-refractivity contribution in [2.45, 2.75) is 32.2 Å². The topological polar surface area (TPSA) is 89.3 Å². The van der Waals surface area contributed by atoms with Crippen molar-refractivity contribution in [1.82, 2.24) is 0 Å². The molecule has 0 aliphatic rings. The van der Waals surface area contributed by atoms with Crippen molar-refractivity contribution in [3.8, 4) is 0 Å². The first kappa shape index (κ1) is 11.4. The lowest BCUT2D eigenvalue weighted by Gasteiger charge is -2.14. The minimum absolute atomic E-state index is 0.0362. The molecule has 0 aromatic heterocycles. The van der Waals surface area contributed by atoms with E-state index in [4.69, 9.17) is 16.6 Å². The fourth-order valence-electron chi connectivity index (χ4n) is 1.03. The zero-order valence-corrected chi connectivity index (χ0v) is 7.49. The third kappa shape index (κ3) is 4.31. The van der Waals surface area contributed by atoms with Gasteiger partial charge in [-0.2, -0.15) is 0 Å². The summed E-state index contributed by atoms with van der Waals surface area (Å²) in [5.41, 5.74) is 10.7. The van der Waals surface area contributed by atoms with Crippen LogP contribution in [0.3, 0.4) is 0 Å². The second-order valence-electron chi connectivity index (χ2n) is 3.13. The molecule has 4 nitrogen and oxygen atoms in total. The first-order valence-electron chi connectivity index (χ1n) is 4.28. The molecule has 0 fully saturated rings. The molecule has 0 spiro atoms. The molecule has 0 saturated heterocycles. The van der Waals surface area contributed by atoms with Crippen molar-refractivity contribution < 1.29 is 9.90 Å². The molecule has 0 aromatic carbocycles. The van der Waals surface area contributed by atoms with Gasteiger partial charge in [0.15, 0.2) is 0 Å². The summed E-state index contributed by atoms with van der Waals surface area (Å²) in [6.07, 6.45) is 2.74. The highest BCUT2D eigenvalue weighted by atomic mass is 16.4. The quantitative estimate of drug-likeness (QED) is 0.500. The Bertz CT molecular complexity index is 139. The molecule has 0 aliphatic heterocycles. The van der Waals surface area contributed by atoms with E-state index in [0.717, 1.165) is 19.3 Å². The summed E-state index contributed by atoms with van der Waals surface area (Å²) >= 11 is 0. The smallest absolute Gasteiger partial charge is 0.320 e. The van der Waals surface area contributed by atoms with Crippen LogP contribution in [0.2, 0.25) is 0 Å². The van der Waals surface area contributed by atoms with E-state index in [1.807, 2.05) is 6.92 Å². The summed E-state index contributed by atoms with van der Waals surface area (Å²) in [6, 6.07) is -0.734. The van der Waals surface area contributed by atoms with Crippen molar-refractivity contribution >= 4 is 5.97 Å². The average molecular weight is 174 g/mol. The maximum atomic E-state index is 10.4. The molecule has 0 heterocycles. The van der Waals surface area contributed by atoms with Crippen LogP contribution in [0.1, 0.15) is 26.2 Å². The minimum atomic E-state index is -0.921. The summed E-state index contributed by atoms with van der Waals surface area (Å²) in [6.45, 7) is 2.52. The van der Waals surface area contributed by atoms with Crippen LogP contribution in [0.25, 0.3) is 0 Å². The van der Waals surface area contributed by atoms with E-state index in [2.05, 4.69) is 0 Å². The maximum absolute atomic E-state index is 10.4. The Balaban J connectivity index is 3.56. The minimum Gasteiger partial charge on any atom is -0.480 e. The second kappa shape index (κ2) is 5.97. The van der Waals surface area contributed by atoms with Crippen molar-refractivity contribution in [1.29, 1.82) is 0 Å².